The largest absolute Gasteiger partial charge is 0.387 e. The first-order valence-corrected chi connectivity index (χ1v) is 3.61. The fourth-order valence-corrected chi connectivity index (χ4v) is 0.917. The predicted molar refractivity (Wildman–Crippen MR) is 41.8 cm³/mol. The second-order valence-electron chi connectivity index (χ2n) is 2.51. The van der Waals surface area contributed by atoms with E-state index in [-0.39, 0.29) is 0 Å². The maximum absolute atomic E-state index is 9.38. The molecule has 0 radical (unpaired) electrons. The first kappa shape index (κ1) is 8.23. The molecule has 0 aliphatic carbocycles. The number of rotatable bonds is 3. The van der Waals surface area contributed by atoms with Gasteiger partial charge in [0.1, 0.15) is 0 Å². The zero-order valence-corrected chi connectivity index (χ0v) is 6.57. The number of nitrogens with two attached hydrogens (primary N) is 1. The van der Waals surface area contributed by atoms with E-state index in [1.165, 1.54) is 0 Å². The van der Waals surface area contributed by atoms with E-state index in [0.717, 1.165) is 0 Å². The first-order chi connectivity index (χ1) is 5.24. The summed E-state index contributed by atoms with van der Waals surface area (Å²) >= 11 is 0. The molecule has 0 fully saturated rings. The van der Waals surface area contributed by atoms with Gasteiger partial charge in [-0.15, -0.1) is 0 Å². The summed E-state index contributed by atoms with van der Waals surface area (Å²) in [6.07, 6.45) is 1.85. The normalized spacial score (nSPS) is 13.4. The minimum Gasteiger partial charge on any atom is -0.387 e. The predicted octanol–water partition coefficient (Wildman–Crippen LogP) is -0.198. The van der Waals surface area contributed by atoms with E-state index in [1.807, 2.05) is 7.05 Å². The maximum Gasteiger partial charge on any atom is 0.0990 e. The zero-order valence-electron chi connectivity index (χ0n) is 6.57. The van der Waals surface area contributed by atoms with Crippen LogP contribution in [0.2, 0.25) is 0 Å². The van der Waals surface area contributed by atoms with Gasteiger partial charge in [-0.2, -0.15) is 5.10 Å². The second kappa shape index (κ2) is 3.50. The van der Waals surface area contributed by atoms with Crippen molar-refractivity contribution in [3.05, 3.63) is 18.0 Å². The lowest BCUT2D eigenvalue weighted by Gasteiger charge is -2.03. The quantitative estimate of drug-likeness (QED) is 0.635. The summed E-state index contributed by atoms with van der Waals surface area (Å²) in [6, 6.07) is 1.79. The van der Waals surface area contributed by atoms with Crippen LogP contribution >= 0.6 is 0 Å². The molecule has 1 aromatic heterocycles. The highest BCUT2D eigenvalue weighted by Gasteiger charge is 2.07. The Morgan fingerprint density at radius 3 is 3.00 bits per heavy atom. The van der Waals surface area contributed by atoms with Crippen molar-refractivity contribution >= 4 is 0 Å². The van der Waals surface area contributed by atoms with Crippen molar-refractivity contribution in [2.24, 2.45) is 12.8 Å². The lowest BCUT2D eigenvalue weighted by Crippen LogP contribution is -2.07. The van der Waals surface area contributed by atoms with Gasteiger partial charge < -0.3 is 10.8 Å². The molecule has 0 bridgehead atoms. The van der Waals surface area contributed by atoms with Crippen LogP contribution in [0.3, 0.4) is 0 Å². The van der Waals surface area contributed by atoms with E-state index in [1.54, 1.807) is 16.9 Å². The van der Waals surface area contributed by atoms with Crippen LogP contribution in [0.15, 0.2) is 12.3 Å². The van der Waals surface area contributed by atoms with Crippen molar-refractivity contribution in [2.75, 3.05) is 6.54 Å². The third kappa shape index (κ3) is 2.03. The monoisotopic (exact) mass is 155 g/mol. The van der Waals surface area contributed by atoms with Gasteiger partial charge in [0, 0.05) is 13.2 Å². The molecule has 0 spiro atoms. The van der Waals surface area contributed by atoms with Crippen LogP contribution < -0.4 is 5.73 Å². The number of aliphatic hydroxyl groups excluding tert-OH is 1. The molecular weight excluding hydrogens is 142 g/mol. The fraction of sp³-hybridized carbons (Fsp3) is 0.571. The molecular formula is C7H13N3O. The Balaban J connectivity index is 2.60. The number of aliphatic hydroxyl groups is 1. The highest BCUT2D eigenvalue weighted by Crippen LogP contribution is 2.11. The smallest absolute Gasteiger partial charge is 0.0990 e. The molecule has 0 aliphatic heterocycles. The molecule has 11 heavy (non-hydrogen) atoms. The molecule has 0 aromatic carbocycles. The van der Waals surface area contributed by atoms with Crippen molar-refractivity contribution in [2.45, 2.75) is 12.5 Å². The van der Waals surface area contributed by atoms with Crippen molar-refractivity contribution < 1.29 is 5.11 Å². The van der Waals surface area contributed by atoms with E-state index < -0.39 is 6.10 Å². The van der Waals surface area contributed by atoms with Crippen molar-refractivity contribution in [3.63, 3.8) is 0 Å². The highest BCUT2D eigenvalue weighted by molar-refractivity contribution is 5.02. The summed E-state index contributed by atoms with van der Waals surface area (Å²) in [5, 5.41) is 13.4. The number of aromatic nitrogens is 2. The second-order valence-corrected chi connectivity index (χ2v) is 2.51. The topological polar surface area (TPSA) is 64.1 Å². The zero-order chi connectivity index (χ0) is 8.27. The number of hydrogen-bond donors (Lipinski definition) is 2. The standard InChI is InChI=1S/C7H13N3O/c1-10-5-3-6(9-10)7(11)2-4-8/h3,5,7,11H,2,4,8H2,1H3/t7-/m0/s1. The molecule has 0 saturated heterocycles. The summed E-state index contributed by atoms with van der Waals surface area (Å²) in [5.41, 5.74) is 5.97. The van der Waals surface area contributed by atoms with Crippen LogP contribution in [-0.4, -0.2) is 21.4 Å². The Hall–Kier alpha value is -0.870. The van der Waals surface area contributed by atoms with Crippen molar-refractivity contribution in [3.8, 4) is 0 Å². The summed E-state index contributed by atoms with van der Waals surface area (Å²) in [6.45, 7) is 0.484. The average molecular weight is 155 g/mol. The third-order valence-electron chi connectivity index (χ3n) is 1.52. The molecule has 1 aromatic rings. The van der Waals surface area contributed by atoms with Crippen LogP contribution in [0.4, 0.5) is 0 Å². The van der Waals surface area contributed by atoms with Crippen molar-refractivity contribution in [1.82, 2.24) is 9.78 Å². The third-order valence-corrected chi connectivity index (χ3v) is 1.52. The molecule has 1 atom stereocenters. The molecule has 0 amide bonds. The minimum absolute atomic E-state index is 0.484. The van der Waals surface area contributed by atoms with Gasteiger partial charge in [-0.3, -0.25) is 4.68 Å². The van der Waals surface area contributed by atoms with Crippen LogP contribution in [0.1, 0.15) is 18.2 Å². The van der Waals surface area contributed by atoms with E-state index in [4.69, 9.17) is 5.73 Å². The summed E-state index contributed by atoms with van der Waals surface area (Å²) < 4.78 is 1.66. The molecule has 0 unspecified atom stereocenters. The Morgan fingerprint density at radius 1 is 1.82 bits per heavy atom. The first-order valence-electron chi connectivity index (χ1n) is 3.61. The van der Waals surface area contributed by atoms with Crippen molar-refractivity contribution in [1.29, 1.82) is 0 Å². The van der Waals surface area contributed by atoms with Crippen LogP contribution in [0.25, 0.3) is 0 Å². The van der Waals surface area contributed by atoms with Gasteiger partial charge in [0.05, 0.1) is 11.8 Å². The molecule has 1 rings (SSSR count). The van der Waals surface area contributed by atoms with Crippen LogP contribution in [0, 0.1) is 0 Å². The Bertz CT molecular complexity index is 221. The lowest BCUT2D eigenvalue weighted by molar-refractivity contribution is 0.165. The Kier molecular flexibility index (Phi) is 2.62. The average Bonchev–Trinajstić information content (AvgIpc) is 2.36. The number of aryl methyl sites for hydroxylation is 1. The molecule has 4 nitrogen and oxygen atoms in total. The van der Waals surface area contributed by atoms with E-state index >= 15 is 0 Å². The van der Waals surface area contributed by atoms with E-state index in [9.17, 15) is 5.11 Å². The summed E-state index contributed by atoms with van der Waals surface area (Å²) in [7, 11) is 1.82. The fourth-order valence-electron chi connectivity index (χ4n) is 0.917. The molecule has 0 saturated carbocycles. The molecule has 62 valence electrons. The highest BCUT2D eigenvalue weighted by atomic mass is 16.3. The Morgan fingerprint density at radius 2 is 2.55 bits per heavy atom. The van der Waals surface area contributed by atoms with Gasteiger partial charge in [0.2, 0.25) is 0 Å². The van der Waals surface area contributed by atoms with E-state index in [0.29, 0.717) is 18.7 Å². The lowest BCUT2D eigenvalue weighted by atomic mass is 10.2. The van der Waals surface area contributed by atoms with E-state index in [2.05, 4.69) is 5.10 Å². The molecule has 0 aliphatic rings. The van der Waals surface area contributed by atoms with Gasteiger partial charge in [-0.1, -0.05) is 0 Å². The van der Waals surface area contributed by atoms with Crippen LogP contribution in [0.5, 0.6) is 0 Å². The minimum atomic E-state index is -0.513. The van der Waals surface area contributed by atoms with Gasteiger partial charge in [-0.25, -0.2) is 0 Å². The Labute approximate surface area is 65.6 Å². The molecule has 4 heteroatoms. The maximum atomic E-state index is 9.38. The summed E-state index contributed by atoms with van der Waals surface area (Å²) in [5.74, 6) is 0. The number of nitrogens with zero attached hydrogens (tertiary/aromatic N) is 2. The molecule has 1 heterocycles. The van der Waals surface area contributed by atoms with Gasteiger partial charge in [0.15, 0.2) is 0 Å². The van der Waals surface area contributed by atoms with Crippen LogP contribution in [-0.2, 0) is 7.05 Å². The van der Waals surface area contributed by atoms with Gasteiger partial charge in [0.25, 0.3) is 0 Å². The molecule has 3 N–H and O–H groups in total. The number of hydrogen-bond acceptors (Lipinski definition) is 3. The van der Waals surface area contributed by atoms with Gasteiger partial charge >= 0.3 is 0 Å². The SMILES string of the molecule is Cn1ccc([C@@H](O)CCN)n1. The summed E-state index contributed by atoms with van der Waals surface area (Å²) in [4.78, 5) is 0. The van der Waals surface area contributed by atoms with Gasteiger partial charge in [-0.05, 0) is 19.0 Å².